The number of carbonyl (C=O) groups is 2. The summed E-state index contributed by atoms with van der Waals surface area (Å²) in [6.45, 7) is 9.92. The number of alkyl carbamates (subject to hydrolysis) is 1. The van der Waals surface area contributed by atoms with Crippen molar-refractivity contribution in [2.45, 2.75) is 70.8 Å². The molecule has 35 heavy (non-hydrogen) atoms. The zero-order valence-corrected chi connectivity index (χ0v) is 22.5. The first-order valence-electron chi connectivity index (χ1n) is 10.5. The second kappa shape index (κ2) is 10.7. The van der Waals surface area contributed by atoms with Gasteiger partial charge in [-0.1, -0.05) is 0 Å². The van der Waals surface area contributed by atoms with Crippen molar-refractivity contribution in [1.29, 1.82) is 0 Å². The number of rotatable bonds is 6. The second-order valence-electron chi connectivity index (χ2n) is 9.76. The van der Waals surface area contributed by atoms with E-state index < -0.39 is 47.2 Å². The van der Waals surface area contributed by atoms with Gasteiger partial charge in [0.2, 0.25) is 0 Å². The molecule has 0 aliphatic carbocycles. The van der Waals surface area contributed by atoms with Gasteiger partial charge in [0, 0.05) is 34.3 Å². The molecule has 2 aromatic rings. The molecule has 0 aliphatic rings. The van der Waals surface area contributed by atoms with Gasteiger partial charge in [-0.05, 0) is 69.1 Å². The minimum atomic E-state index is -4.67. The topological polar surface area (TPSA) is 105 Å². The number of thiazole rings is 1. The fourth-order valence-electron chi connectivity index (χ4n) is 3.30. The number of halogens is 4. The van der Waals surface area contributed by atoms with Crippen LogP contribution in [0.3, 0.4) is 0 Å². The van der Waals surface area contributed by atoms with Crippen LogP contribution in [0.5, 0.6) is 0 Å². The maximum atomic E-state index is 13.3. The number of nitrogens with zero attached hydrogens (tertiary/aromatic N) is 3. The average Bonchev–Trinajstić information content (AvgIpc) is 3.16. The van der Waals surface area contributed by atoms with Crippen LogP contribution in [0.1, 0.15) is 63.7 Å². The fourth-order valence-corrected chi connectivity index (χ4v) is 4.72. The van der Waals surface area contributed by atoms with Gasteiger partial charge in [0.05, 0.1) is 12.0 Å². The normalized spacial score (nSPS) is 14.2. The van der Waals surface area contributed by atoms with Gasteiger partial charge >= 0.3 is 18.4 Å². The Hall–Kier alpha value is -2.41. The maximum Gasteiger partial charge on any atom is 0.434 e. The van der Waals surface area contributed by atoms with Crippen LogP contribution in [0.4, 0.5) is 22.8 Å². The van der Waals surface area contributed by atoms with E-state index in [2.05, 4.69) is 31.2 Å². The number of pyridine rings is 1. The lowest BCUT2D eigenvalue weighted by Gasteiger charge is -2.38. The molecule has 0 bridgehead atoms. The summed E-state index contributed by atoms with van der Waals surface area (Å²) in [6.07, 6.45) is -4.12. The van der Waals surface area contributed by atoms with Gasteiger partial charge in [-0.25, -0.2) is 14.6 Å². The molecule has 0 aromatic carbocycles. The monoisotopic (exact) mass is 580 g/mol. The molecule has 2 amide bonds. The number of amides is 2. The van der Waals surface area contributed by atoms with Gasteiger partial charge in [-0.3, -0.25) is 4.98 Å². The number of hydrogen-bond donors (Lipinski definition) is 2. The van der Waals surface area contributed by atoms with Crippen LogP contribution in [0.25, 0.3) is 0 Å². The van der Waals surface area contributed by atoms with Crippen molar-refractivity contribution in [3.05, 3.63) is 44.6 Å². The first-order valence-corrected chi connectivity index (χ1v) is 12.2. The van der Waals surface area contributed by atoms with E-state index in [0.717, 1.165) is 11.1 Å². The molecule has 13 heteroatoms. The summed E-state index contributed by atoms with van der Waals surface area (Å²) in [5.74, 6) is -0.821. The SMILES string of the molecule is CC(C)(C)OC(=O)N[C@H](CN(C(=O)O)C(C)(C)C)C(c1cnc(C(F)(F)F)c(Br)c1)c1nccs1. The van der Waals surface area contributed by atoms with Crippen LogP contribution in [-0.4, -0.2) is 55.9 Å². The zero-order chi connectivity index (χ0) is 26.8. The number of nitrogens with one attached hydrogen (secondary N) is 1. The van der Waals surface area contributed by atoms with Gasteiger partial charge in [0.25, 0.3) is 0 Å². The van der Waals surface area contributed by atoms with Gasteiger partial charge in [0.15, 0.2) is 5.69 Å². The summed E-state index contributed by atoms with van der Waals surface area (Å²) < 4.78 is 45.0. The number of carbonyl (C=O) groups excluding carboxylic acids is 1. The van der Waals surface area contributed by atoms with Crippen molar-refractivity contribution in [3.8, 4) is 0 Å². The molecule has 0 spiro atoms. The van der Waals surface area contributed by atoms with Gasteiger partial charge in [-0.2, -0.15) is 13.2 Å². The van der Waals surface area contributed by atoms with Gasteiger partial charge < -0.3 is 20.1 Å². The quantitative estimate of drug-likeness (QED) is 0.426. The van der Waals surface area contributed by atoms with E-state index in [1.807, 2.05) is 0 Å². The van der Waals surface area contributed by atoms with Crippen LogP contribution in [0.2, 0.25) is 0 Å². The van der Waals surface area contributed by atoms with Crippen molar-refractivity contribution in [3.63, 3.8) is 0 Å². The van der Waals surface area contributed by atoms with Crippen LogP contribution in [0, 0.1) is 0 Å². The highest BCUT2D eigenvalue weighted by Gasteiger charge is 2.39. The zero-order valence-electron chi connectivity index (χ0n) is 20.1. The lowest BCUT2D eigenvalue weighted by molar-refractivity contribution is -0.141. The first-order chi connectivity index (χ1) is 15.9. The van der Waals surface area contributed by atoms with E-state index in [1.54, 1.807) is 46.9 Å². The highest BCUT2D eigenvalue weighted by molar-refractivity contribution is 9.10. The van der Waals surface area contributed by atoms with Crippen LogP contribution in [-0.2, 0) is 10.9 Å². The van der Waals surface area contributed by atoms with Gasteiger partial charge in [-0.15, -0.1) is 11.3 Å². The Morgan fingerprint density at radius 2 is 1.83 bits per heavy atom. The molecule has 0 aliphatic heterocycles. The Labute approximate surface area is 214 Å². The third kappa shape index (κ3) is 8.06. The summed E-state index contributed by atoms with van der Waals surface area (Å²) in [5, 5.41) is 14.7. The molecule has 0 saturated heterocycles. The molecular weight excluding hydrogens is 553 g/mol. The van der Waals surface area contributed by atoms with E-state index >= 15 is 0 Å². The number of ether oxygens (including phenoxy) is 1. The fraction of sp³-hybridized carbons (Fsp3) is 0.545. The van der Waals surface area contributed by atoms with E-state index in [9.17, 15) is 27.9 Å². The van der Waals surface area contributed by atoms with Crippen molar-refractivity contribution in [1.82, 2.24) is 20.2 Å². The molecule has 194 valence electrons. The maximum absolute atomic E-state index is 13.3. The molecule has 2 heterocycles. The predicted molar refractivity (Wildman–Crippen MR) is 129 cm³/mol. The summed E-state index contributed by atoms with van der Waals surface area (Å²) in [7, 11) is 0. The highest BCUT2D eigenvalue weighted by atomic mass is 79.9. The average molecular weight is 581 g/mol. The lowest BCUT2D eigenvalue weighted by Crippen LogP contribution is -2.54. The Kier molecular flexibility index (Phi) is 8.80. The number of aromatic nitrogens is 2. The third-order valence-corrected chi connectivity index (χ3v) is 6.19. The Balaban J connectivity index is 2.62. The first kappa shape index (κ1) is 28.8. The summed E-state index contributed by atoms with van der Waals surface area (Å²) >= 11 is 4.16. The molecule has 0 saturated carbocycles. The number of alkyl halides is 3. The molecule has 0 fully saturated rings. The van der Waals surface area contributed by atoms with E-state index in [-0.39, 0.29) is 11.0 Å². The Morgan fingerprint density at radius 1 is 1.20 bits per heavy atom. The van der Waals surface area contributed by atoms with Crippen LogP contribution < -0.4 is 5.32 Å². The number of hydrogen-bond acceptors (Lipinski definition) is 6. The van der Waals surface area contributed by atoms with E-state index in [1.165, 1.54) is 23.6 Å². The smallest absolute Gasteiger partial charge is 0.434 e. The Morgan fingerprint density at radius 3 is 2.26 bits per heavy atom. The van der Waals surface area contributed by atoms with Crippen molar-refractivity contribution < 1.29 is 32.6 Å². The summed E-state index contributed by atoms with van der Waals surface area (Å²) in [4.78, 5) is 33.9. The molecule has 2 aromatic heterocycles. The molecule has 8 nitrogen and oxygen atoms in total. The largest absolute Gasteiger partial charge is 0.465 e. The standard InChI is InChI=1S/C22H28BrF3N4O4S/c1-20(2,3)30(19(32)33)11-14(29-18(31)34-21(4,5)6)15(17-27-7-8-35-17)12-9-13(23)16(28-10-12)22(24,25)26/h7-10,14-15H,11H2,1-6H3,(H,29,31)(H,32,33)/t14-,15?/m1/s1. The van der Waals surface area contributed by atoms with Gasteiger partial charge in [0.1, 0.15) is 10.6 Å². The van der Waals surface area contributed by atoms with Crippen molar-refractivity contribution in [2.75, 3.05) is 6.54 Å². The Bertz CT molecular complexity index is 1040. The van der Waals surface area contributed by atoms with Crippen LogP contribution >= 0.6 is 27.3 Å². The third-order valence-electron chi connectivity index (χ3n) is 4.73. The minimum Gasteiger partial charge on any atom is -0.465 e. The molecule has 1 unspecified atom stereocenters. The van der Waals surface area contributed by atoms with Crippen molar-refractivity contribution in [2.24, 2.45) is 0 Å². The molecule has 0 radical (unpaired) electrons. The summed E-state index contributed by atoms with van der Waals surface area (Å²) in [5.41, 5.74) is -2.47. The van der Waals surface area contributed by atoms with E-state index in [0.29, 0.717) is 10.6 Å². The number of carboxylic acid groups (broad SMARTS) is 1. The minimum absolute atomic E-state index is 0.193. The predicted octanol–water partition coefficient (Wildman–Crippen LogP) is 6.12. The molecular formula is C22H28BrF3N4O4S. The molecule has 2 N–H and O–H groups in total. The van der Waals surface area contributed by atoms with Crippen molar-refractivity contribution >= 4 is 39.5 Å². The molecule has 2 rings (SSSR count). The summed E-state index contributed by atoms with van der Waals surface area (Å²) in [6, 6.07) is 0.310. The van der Waals surface area contributed by atoms with Crippen LogP contribution in [0.15, 0.2) is 28.3 Å². The highest BCUT2D eigenvalue weighted by Crippen LogP contribution is 2.37. The second-order valence-corrected chi connectivity index (χ2v) is 11.5. The molecule has 2 atom stereocenters. The lowest BCUT2D eigenvalue weighted by atomic mass is 9.91. The van der Waals surface area contributed by atoms with E-state index in [4.69, 9.17) is 4.74 Å².